The highest BCUT2D eigenvalue weighted by molar-refractivity contribution is 6.61. The zero-order valence-electron chi connectivity index (χ0n) is 7.74. The first-order valence-corrected chi connectivity index (χ1v) is 6.26. The van der Waals surface area contributed by atoms with E-state index in [4.69, 9.17) is 0 Å². The van der Waals surface area contributed by atoms with Crippen LogP contribution in [0.5, 0.6) is 0 Å². The van der Waals surface area contributed by atoms with E-state index in [0.717, 1.165) is 0 Å². The first-order chi connectivity index (χ1) is 6.45. The van der Waals surface area contributed by atoms with Crippen molar-refractivity contribution in [1.29, 1.82) is 0 Å². The van der Waals surface area contributed by atoms with E-state index in [2.05, 4.69) is 48.6 Å². The van der Waals surface area contributed by atoms with Crippen LogP contribution in [0.4, 0.5) is 0 Å². The molecular formula is C12H14Si. The van der Waals surface area contributed by atoms with Gasteiger partial charge in [0.25, 0.3) is 0 Å². The molecule has 1 aromatic rings. The summed E-state index contributed by atoms with van der Waals surface area (Å²) < 4.78 is 0. The van der Waals surface area contributed by atoms with Gasteiger partial charge in [-0.3, -0.25) is 0 Å². The van der Waals surface area contributed by atoms with Crippen molar-refractivity contribution in [2.24, 2.45) is 0 Å². The lowest BCUT2D eigenvalue weighted by Crippen LogP contribution is -2.15. The minimum atomic E-state index is -0.183. The van der Waals surface area contributed by atoms with Crippen LogP contribution >= 0.6 is 0 Å². The topological polar surface area (TPSA) is 0 Å². The van der Waals surface area contributed by atoms with Crippen LogP contribution in [0.25, 0.3) is 0 Å². The lowest BCUT2D eigenvalue weighted by Gasteiger charge is -2.05. The maximum Gasteiger partial charge on any atom is 0.0870 e. The van der Waals surface area contributed by atoms with Gasteiger partial charge in [-0.2, -0.15) is 0 Å². The van der Waals surface area contributed by atoms with Gasteiger partial charge in [-0.25, -0.2) is 0 Å². The van der Waals surface area contributed by atoms with Crippen LogP contribution in [0.2, 0.25) is 0 Å². The molecular weight excluding hydrogens is 172 g/mol. The molecule has 0 heterocycles. The van der Waals surface area contributed by atoms with Crippen molar-refractivity contribution >= 4 is 14.7 Å². The average molecular weight is 186 g/mol. The van der Waals surface area contributed by atoms with Crippen molar-refractivity contribution < 1.29 is 0 Å². The van der Waals surface area contributed by atoms with Crippen LogP contribution in [-0.4, -0.2) is 9.52 Å². The molecule has 66 valence electrons. The Morgan fingerprint density at radius 2 is 1.85 bits per heavy atom. The average Bonchev–Trinajstić information content (AvgIpc) is 2.21. The Morgan fingerprint density at radius 3 is 2.54 bits per heavy atom. The molecule has 1 aromatic carbocycles. The fourth-order valence-corrected chi connectivity index (χ4v) is 3.24. The molecule has 0 unspecified atom stereocenters. The summed E-state index contributed by atoms with van der Waals surface area (Å²) in [6.07, 6.45) is 9.48. The van der Waals surface area contributed by atoms with Gasteiger partial charge in [-0.05, 0) is 12.8 Å². The molecule has 1 aliphatic rings. The molecule has 2 rings (SSSR count). The Kier molecular flexibility index (Phi) is 2.77. The largest absolute Gasteiger partial charge is 0.0870 e. The molecule has 0 bridgehead atoms. The maximum absolute atomic E-state index is 2.40. The van der Waals surface area contributed by atoms with Crippen LogP contribution in [0, 0.1) is 0 Å². The fraction of sp³-hybridized carbons (Fsp3) is 0.167. The quantitative estimate of drug-likeness (QED) is 0.617. The fourth-order valence-electron chi connectivity index (χ4n) is 1.63. The molecule has 0 aromatic heterocycles. The molecule has 0 N–H and O–H groups in total. The van der Waals surface area contributed by atoms with Gasteiger partial charge in [-0.15, -0.1) is 0 Å². The molecule has 0 aliphatic heterocycles. The highest BCUT2D eigenvalue weighted by Gasteiger charge is 1.99. The molecule has 0 saturated carbocycles. The smallest absolute Gasteiger partial charge is 0.0852 e. The molecule has 0 amide bonds. The lowest BCUT2D eigenvalue weighted by atomic mass is 10.2. The van der Waals surface area contributed by atoms with Crippen molar-refractivity contribution in [3.63, 3.8) is 0 Å². The molecule has 0 saturated heterocycles. The Balaban J connectivity index is 2.06. The predicted octanol–water partition coefficient (Wildman–Crippen LogP) is 1.71. The van der Waals surface area contributed by atoms with Gasteiger partial charge < -0.3 is 0 Å². The maximum atomic E-state index is 2.40. The van der Waals surface area contributed by atoms with Gasteiger partial charge >= 0.3 is 0 Å². The Hall–Kier alpha value is -1.08. The molecule has 0 fully saturated rings. The molecule has 0 spiro atoms. The van der Waals surface area contributed by atoms with Gasteiger partial charge in [0.05, 0.1) is 9.52 Å². The number of allylic oxidation sites excluding steroid dienone is 4. The van der Waals surface area contributed by atoms with E-state index in [-0.39, 0.29) is 9.52 Å². The number of benzene rings is 1. The Labute approximate surface area is 81.8 Å². The normalized spacial score (nSPS) is 16.5. The minimum absolute atomic E-state index is 0.183. The van der Waals surface area contributed by atoms with Crippen molar-refractivity contribution in [3.05, 3.63) is 53.8 Å². The Bertz CT molecular complexity index is 322. The number of rotatable bonds is 2. The van der Waals surface area contributed by atoms with Crippen molar-refractivity contribution in [1.82, 2.24) is 0 Å². The lowest BCUT2D eigenvalue weighted by molar-refractivity contribution is 1.03. The SMILES string of the molecule is C1=CC([SiH2]c2ccccc2)=CCC1. The summed E-state index contributed by atoms with van der Waals surface area (Å²) in [4.78, 5) is 0. The zero-order chi connectivity index (χ0) is 8.93. The highest BCUT2D eigenvalue weighted by atomic mass is 28.2. The monoisotopic (exact) mass is 186 g/mol. The van der Waals surface area contributed by atoms with E-state index in [1.807, 2.05) is 0 Å². The molecule has 0 nitrogen and oxygen atoms in total. The van der Waals surface area contributed by atoms with E-state index < -0.39 is 0 Å². The first kappa shape index (κ1) is 8.51. The Morgan fingerprint density at radius 1 is 1.00 bits per heavy atom. The summed E-state index contributed by atoms with van der Waals surface area (Å²) >= 11 is 0. The van der Waals surface area contributed by atoms with Crippen molar-refractivity contribution in [2.45, 2.75) is 12.8 Å². The summed E-state index contributed by atoms with van der Waals surface area (Å²) in [6.45, 7) is 0. The van der Waals surface area contributed by atoms with Crippen molar-refractivity contribution in [2.75, 3.05) is 0 Å². The second kappa shape index (κ2) is 4.24. The number of hydrogen-bond acceptors (Lipinski definition) is 0. The van der Waals surface area contributed by atoms with Crippen LogP contribution < -0.4 is 5.19 Å². The van der Waals surface area contributed by atoms with Crippen LogP contribution in [-0.2, 0) is 0 Å². The summed E-state index contributed by atoms with van der Waals surface area (Å²) in [7, 11) is -0.183. The summed E-state index contributed by atoms with van der Waals surface area (Å²) in [5.41, 5.74) is 0. The van der Waals surface area contributed by atoms with Gasteiger partial charge in [0, 0.05) is 0 Å². The first-order valence-electron chi connectivity index (χ1n) is 4.84. The third kappa shape index (κ3) is 2.43. The summed E-state index contributed by atoms with van der Waals surface area (Å²) in [5.74, 6) is 0. The van der Waals surface area contributed by atoms with Gasteiger partial charge in [-0.1, -0.05) is 58.9 Å². The van der Waals surface area contributed by atoms with Gasteiger partial charge in [0.1, 0.15) is 0 Å². The van der Waals surface area contributed by atoms with Crippen LogP contribution in [0.15, 0.2) is 53.8 Å². The van der Waals surface area contributed by atoms with Gasteiger partial charge in [0.15, 0.2) is 0 Å². The zero-order valence-corrected chi connectivity index (χ0v) is 9.15. The summed E-state index contributed by atoms with van der Waals surface area (Å²) in [5, 5.41) is 3.14. The second-order valence-electron chi connectivity index (χ2n) is 3.42. The molecule has 0 atom stereocenters. The molecule has 13 heavy (non-hydrogen) atoms. The number of hydrogen-bond donors (Lipinski definition) is 0. The molecule has 1 heteroatoms. The van der Waals surface area contributed by atoms with E-state index in [1.165, 1.54) is 12.8 Å². The third-order valence-electron chi connectivity index (χ3n) is 2.32. The van der Waals surface area contributed by atoms with Crippen LogP contribution in [0.3, 0.4) is 0 Å². The molecule has 0 radical (unpaired) electrons. The van der Waals surface area contributed by atoms with Gasteiger partial charge in [0.2, 0.25) is 0 Å². The van der Waals surface area contributed by atoms with E-state index in [1.54, 1.807) is 10.4 Å². The van der Waals surface area contributed by atoms with E-state index in [0.29, 0.717) is 0 Å². The predicted molar refractivity (Wildman–Crippen MR) is 61.1 cm³/mol. The van der Waals surface area contributed by atoms with E-state index >= 15 is 0 Å². The van der Waals surface area contributed by atoms with Crippen LogP contribution in [0.1, 0.15) is 12.8 Å². The van der Waals surface area contributed by atoms with Crippen molar-refractivity contribution in [3.8, 4) is 0 Å². The second-order valence-corrected chi connectivity index (χ2v) is 5.41. The summed E-state index contributed by atoms with van der Waals surface area (Å²) in [6, 6.07) is 10.8. The standard InChI is InChI=1S/C12H14Si/c1-3-7-11(8-4-1)13-12-9-5-2-6-10-12/h1,3-5,7-10H,2,6,13H2. The highest BCUT2D eigenvalue weighted by Crippen LogP contribution is 2.07. The minimum Gasteiger partial charge on any atom is -0.0852 e. The third-order valence-corrected chi connectivity index (χ3v) is 4.14. The van der Waals surface area contributed by atoms with E-state index in [9.17, 15) is 0 Å². The molecule has 1 aliphatic carbocycles.